The lowest BCUT2D eigenvalue weighted by molar-refractivity contribution is 0.100. The molecule has 4 heteroatoms. The van der Waals surface area contributed by atoms with Gasteiger partial charge in [-0.1, -0.05) is 0 Å². The molecule has 0 saturated heterocycles. The molecule has 0 N–H and O–H groups in total. The van der Waals surface area contributed by atoms with Crippen LogP contribution in [0.1, 0.15) is 23.1 Å². The van der Waals surface area contributed by atoms with Gasteiger partial charge < -0.3 is 4.57 Å². The van der Waals surface area contributed by atoms with Gasteiger partial charge >= 0.3 is 0 Å². The van der Waals surface area contributed by atoms with Gasteiger partial charge in [-0.2, -0.15) is 5.26 Å². The van der Waals surface area contributed by atoms with Gasteiger partial charge in [-0.3, -0.25) is 4.79 Å². The second-order valence-corrected chi connectivity index (χ2v) is 3.37. The van der Waals surface area contributed by atoms with Gasteiger partial charge in [-0.15, -0.1) is 0 Å². The van der Waals surface area contributed by atoms with E-state index >= 15 is 0 Å². The minimum Gasteiger partial charge on any atom is -0.325 e. The molecule has 0 atom stereocenters. The average Bonchev–Trinajstić information content (AvgIpc) is 2.56. The van der Waals surface area contributed by atoms with E-state index in [9.17, 15) is 4.79 Å². The first-order valence-corrected chi connectivity index (χ1v) is 4.51. The van der Waals surface area contributed by atoms with Crippen LogP contribution in [-0.2, 0) is 7.05 Å². The van der Waals surface area contributed by atoms with Crippen molar-refractivity contribution >= 4 is 16.8 Å². The third kappa shape index (κ3) is 1.38. The Balaban J connectivity index is 2.79. The van der Waals surface area contributed by atoms with Crippen molar-refractivity contribution in [1.29, 1.82) is 5.26 Å². The molecule has 4 nitrogen and oxygen atoms in total. The Morgan fingerprint density at radius 3 is 2.87 bits per heavy atom. The van der Waals surface area contributed by atoms with Gasteiger partial charge in [0.2, 0.25) is 0 Å². The number of imidazole rings is 1. The SMILES string of the molecule is CC(=O)c1nc2ccc(C#N)cc2n1C. The third-order valence-electron chi connectivity index (χ3n) is 2.32. The van der Waals surface area contributed by atoms with Gasteiger partial charge in [0.15, 0.2) is 11.6 Å². The van der Waals surface area contributed by atoms with Crippen molar-refractivity contribution in [2.45, 2.75) is 6.92 Å². The van der Waals surface area contributed by atoms with Crippen molar-refractivity contribution in [3.05, 3.63) is 29.6 Å². The molecule has 15 heavy (non-hydrogen) atoms. The highest BCUT2D eigenvalue weighted by Crippen LogP contribution is 2.16. The molecule has 0 bridgehead atoms. The highest BCUT2D eigenvalue weighted by Gasteiger charge is 2.11. The highest BCUT2D eigenvalue weighted by molar-refractivity contribution is 5.94. The zero-order chi connectivity index (χ0) is 11.0. The molecule has 0 radical (unpaired) electrons. The lowest BCUT2D eigenvalue weighted by Gasteiger charge is -1.97. The molecule has 0 aliphatic rings. The van der Waals surface area contributed by atoms with E-state index in [0.717, 1.165) is 11.0 Å². The zero-order valence-corrected chi connectivity index (χ0v) is 8.48. The van der Waals surface area contributed by atoms with Crippen LogP contribution in [0.5, 0.6) is 0 Å². The lowest BCUT2D eigenvalue weighted by Crippen LogP contribution is -2.02. The molecule has 1 heterocycles. The van der Waals surface area contributed by atoms with Crippen molar-refractivity contribution in [2.24, 2.45) is 7.05 Å². The smallest absolute Gasteiger partial charge is 0.195 e. The second kappa shape index (κ2) is 3.21. The van der Waals surface area contributed by atoms with E-state index in [2.05, 4.69) is 11.1 Å². The molecule has 2 rings (SSSR count). The number of benzene rings is 1. The monoisotopic (exact) mass is 199 g/mol. The number of fused-ring (bicyclic) bond motifs is 1. The fraction of sp³-hybridized carbons (Fsp3) is 0.182. The summed E-state index contributed by atoms with van der Waals surface area (Å²) < 4.78 is 1.71. The fourth-order valence-electron chi connectivity index (χ4n) is 1.57. The van der Waals surface area contributed by atoms with E-state index in [1.807, 2.05) is 0 Å². The first-order valence-electron chi connectivity index (χ1n) is 4.51. The molecular formula is C11H9N3O. The van der Waals surface area contributed by atoms with Crippen molar-refractivity contribution in [3.8, 4) is 6.07 Å². The number of hydrogen-bond acceptors (Lipinski definition) is 3. The summed E-state index contributed by atoms with van der Waals surface area (Å²) in [5, 5.41) is 8.76. The molecule has 0 fully saturated rings. The Morgan fingerprint density at radius 2 is 2.27 bits per heavy atom. The minimum absolute atomic E-state index is 0.0767. The van der Waals surface area contributed by atoms with Crippen LogP contribution in [0.3, 0.4) is 0 Å². The van der Waals surface area contributed by atoms with Crippen LogP contribution in [0.4, 0.5) is 0 Å². The summed E-state index contributed by atoms with van der Waals surface area (Å²) in [4.78, 5) is 15.4. The van der Waals surface area contributed by atoms with Gasteiger partial charge in [0.25, 0.3) is 0 Å². The topological polar surface area (TPSA) is 58.7 Å². The Kier molecular flexibility index (Phi) is 2.01. The number of nitriles is 1. The maximum Gasteiger partial charge on any atom is 0.195 e. The Labute approximate surface area is 86.8 Å². The first kappa shape index (κ1) is 9.41. The van der Waals surface area contributed by atoms with E-state index in [4.69, 9.17) is 5.26 Å². The van der Waals surface area contributed by atoms with Crippen molar-refractivity contribution in [1.82, 2.24) is 9.55 Å². The van der Waals surface area contributed by atoms with E-state index in [1.54, 1.807) is 29.8 Å². The number of hydrogen-bond donors (Lipinski definition) is 0. The third-order valence-corrected chi connectivity index (χ3v) is 2.32. The molecule has 0 aliphatic carbocycles. The van der Waals surface area contributed by atoms with E-state index < -0.39 is 0 Å². The molecule has 0 saturated carbocycles. The molecule has 1 aromatic carbocycles. The molecule has 0 spiro atoms. The van der Waals surface area contributed by atoms with Gasteiger partial charge in [0.1, 0.15) is 0 Å². The molecule has 1 aromatic heterocycles. The highest BCUT2D eigenvalue weighted by atomic mass is 16.1. The first-order chi connectivity index (χ1) is 7.13. The van der Waals surface area contributed by atoms with Crippen LogP contribution >= 0.6 is 0 Å². The fourth-order valence-corrected chi connectivity index (χ4v) is 1.57. The molecule has 74 valence electrons. The normalized spacial score (nSPS) is 10.2. The van der Waals surface area contributed by atoms with Gasteiger partial charge in [0, 0.05) is 14.0 Å². The van der Waals surface area contributed by atoms with E-state index in [0.29, 0.717) is 11.4 Å². The molecule has 0 amide bonds. The van der Waals surface area contributed by atoms with Crippen LogP contribution in [0.2, 0.25) is 0 Å². The van der Waals surface area contributed by atoms with Crippen molar-refractivity contribution in [2.75, 3.05) is 0 Å². The molecule has 2 aromatic rings. The van der Waals surface area contributed by atoms with Crippen molar-refractivity contribution < 1.29 is 4.79 Å². The summed E-state index contributed by atoms with van der Waals surface area (Å²) in [6.07, 6.45) is 0. The second-order valence-electron chi connectivity index (χ2n) is 3.37. The average molecular weight is 199 g/mol. The van der Waals surface area contributed by atoms with Crippen molar-refractivity contribution in [3.63, 3.8) is 0 Å². The number of aryl methyl sites for hydroxylation is 1. The maximum atomic E-state index is 11.2. The quantitative estimate of drug-likeness (QED) is 0.656. The van der Waals surface area contributed by atoms with E-state index in [1.165, 1.54) is 6.92 Å². The summed E-state index contributed by atoms with van der Waals surface area (Å²) in [6.45, 7) is 1.48. The Bertz CT molecular complexity index is 590. The summed E-state index contributed by atoms with van der Waals surface area (Å²) in [5.74, 6) is 0.340. The number of aromatic nitrogens is 2. The summed E-state index contributed by atoms with van der Waals surface area (Å²) >= 11 is 0. The van der Waals surface area contributed by atoms with Gasteiger partial charge in [-0.05, 0) is 18.2 Å². The van der Waals surface area contributed by atoms with Gasteiger partial charge in [-0.25, -0.2) is 4.98 Å². The van der Waals surface area contributed by atoms with Crippen LogP contribution in [0, 0.1) is 11.3 Å². The van der Waals surface area contributed by atoms with Crippen LogP contribution in [0.25, 0.3) is 11.0 Å². The van der Waals surface area contributed by atoms with Crippen LogP contribution < -0.4 is 0 Å². The number of rotatable bonds is 1. The van der Waals surface area contributed by atoms with Crippen LogP contribution in [0.15, 0.2) is 18.2 Å². The molecule has 0 aliphatic heterocycles. The number of Topliss-reactive ketones (excluding diaryl/α,β-unsaturated/α-hetero) is 1. The Hall–Kier alpha value is -2.15. The number of nitrogens with zero attached hydrogens (tertiary/aromatic N) is 3. The zero-order valence-electron chi connectivity index (χ0n) is 8.48. The minimum atomic E-state index is -0.0767. The number of carbonyl (C=O) groups is 1. The number of ketones is 1. The standard InChI is InChI=1S/C11H9N3O/c1-7(15)11-13-9-4-3-8(6-12)5-10(9)14(11)2/h3-5H,1-2H3. The summed E-state index contributed by atoms with van der Waals surface area (Å²) in [6, 6.07) is 7.23. The van der Waals surface area contributed by atoms with Crippen LogP contribution in [-0.4, -0.2) is 15.3 Å². The molecular weight excluding hydrogens is 190 g/mol. The van der Waals surface area contributed by atoms with E-state index in [-0.39, 0.29) is 5.78 Å². The van der Waals surface area contributed by atoms with Gasteiger partial charge in [0.05, 0.1) is 22.7 Å². The lowest BCUT2D eigenvalue weighted by atomic mass is 10.2. The summed E-state index contributed by atoms with van der Waals surface area (Å²) in [5.41, 5.74) is 2.11. The largest absolute Gasteiger partial charge is 0.325 e. The predicted molar refractivity (Wildman–Crippen MR) is 55.4 cm³/mol. The maximum absolute atomic E-state index is 11.2. The Morgan fingerprint density at radius 1 is 1.53 bits per heavy atom. The summed E-state index contributed by atoms with van der Waals surface area (Å²) in [7, 11) is 1.77. The molecule has 0 unspecified atom stereocenters. The number of carbonyl (C=O) groups excluding carboxylic acids is 1. The predicted octanol–water partition coefficient (Wildman–Crippen LogP) is 1.65.